The van der Waals surface area contributed by atoms with Gasteiger partial charge in [-0.15, -0.1) is 0 Å². The summed E-state index contributed by atoms with van der Waals surface area (Å²) in [5, 5.41) is 8.70. The number of hydrogen-bond acceptors (Lipinski definition) is 3. The normalized spacial score (nSPS) is 17.3. The Labute approximate surface area is 224 Å². The summed E-state index contributed by atoms with van der Waals surface area (Å²) in [7, 11) is 0. The van der Waals surface area contributed by atoms with Crippen LogP contribution >= 0.6 is 0 Å². The first kappa shape index (κ1) is 26.9. The molecular weight excluding hydrogens is 476 g/mol. The van der Waals surface area contributed by atoms with E-state index in [-0.39, 0.29) is 24.3 Å². The van der Waals surface area contributed by atoms with E-state index in [1.807, 2.05) is 101 Å². The first-order valence-electron chi connectivity index (χ1n) is 12.9. The van der Waals surface area contributed by atoms with Gasteiger partial charge < -0.3 is 20.9 Å². The van der Waals surface area contributed by atoms with Crippen LogP contribution in [0.2, 0.25) is 0 Å². The van der Waals surface area contributed by atoms with Gasteiger partial charge in [-0.1, -0.05) is 54.6 Å². The van der Waals surface area contributed by atoms with Crippen molar-refractivity contribution in [2.75, 3.05) is 16.8 Å². The van der Waals surface area contributed by atoms with Crippen LogP contribution in [0.25, 0.3) is 0 Å². The first-order chi connectivity index (χ1) is 18.0. The van der Waals surface area contributed by atoms with Gasteiger partial charge in [0.2, 0.25) is 11.8 Å². The third-order valence-electron chi connectivity index (χ3n) is 6.49. The number of nitrogens with one attached hydrogen (secondary N) is 3. The molecule has 1 heterocycles. The minimum absolute atomic E-state index is 0.147. The molecule has 0 saturated carbocycles. The average Bonchev–Trinajstić information content (AvgIpc) is 2.94. The number of fused-ring (bicyclic) bond motifs is 1. The van der Waals surface area contributed by atoms with Crippen LogP contribution in [-0.4, -0.2) is 36.0 Å². The molecule has 7 nitrogen and oxygen atoms in total. The van der Waals surface area contributed by atoms with Gasteiger partial charge in [0, 0.05) is 22.8 Å². The number of carbonyl (C=O) groups excluding carboxylic acids is 3. The van der Waals surface area contributed by atoms with Crippen molar-refractivity contribution in [3.05, 3.63) is 95.1 Å². The van der Waals surface area contributed by atoms with E-state index < -0.39 is 17.6 Å². The summed E-state index contributed by atoms with van der Waals surface area (Å²) in [4.78, 5) is 41.7. The van der Waals surface area contributed by atoms with E-state index in [1.54, 1.807) is 6.07 Å². The van der Waals surface area contributed by atoms with Gasteiger partial charge in [-0.3, -0.25) is 9.59 Å². The number of amides is 4. The number of urea groups is 1. The molecular formula is C31H36N4O3. The molecule has 1 aliphatic heterocycles. The smallest absolute Gasteiger partial charge is 0.319 e. The molecule has 0 fully saturated rings. The van der Waals surface area contributed by atoms with Crippen LogP contribution in [0.1, 0.15) is 55.4 Å². The first-order valence-corrected chi connectivity index (χ1v) is 12.9. The summed E-state index contributed by atoms with van der Waals surface area (Å²) in [5.41, 5.74) is 4.87. The molecule has 0 spiro atoms. The molecule has 0 saturated heterocycles. The number of anilines is 2. The third-order valence-corrected chi connectivity index (χ3v) is 6.49. The quantitative estimate of drug-likeness (QED) is 0.435. The van der Waals surface area contributed by atoms with Crippen LogP contribution in [0.5, 0.6) is 0 Å². The molecule has 4 rings (SSSR count). The molecule has 0 radical (unpaired) electrons. The van der Waals surface area contributed by atoms with Crippen molar-refractivity contribution in [1.29, 1.82) is 0 Å². The van der Waals surface area contributed by atoms with Crippen molar-refractivity contribution in [2.24, 2.45) is 0 Å². The zero-order chi connectivity index (χ0) is 27.4. The van der Waals surface area contributed by atoms with Gasteiger partial charge in [0.25, 0.3) is 0 Å². The van der Waals surface area contributed by atoms with Gasteiger partial charge in [-0.2, -0.15) is 0 Å². The maximum absolute atomic E-state index is 14.0. The Morgan fingerprint density at radius 3 is 2.32 bits per heavy atom. The lowest BCUT2D eigenvalue weighted by Gasteiger charge is -2.28. The summed E-state index contributed by atoms with van der Waals surface area (Å²) in [6, 6.07) is 22.1. The molecule has 0 aromatic heterocycles. The summed E-state index contributed by atoms with van der Waals surface area (Å²) >= 11 is 0. The van der Waals surface area contributed by atoms with Crippen molar-refractivity contribution in [2.45, 2.75) is 58.5 Å². The highest BCUT2D eigenvalue weighted by Gasteiger charge is 2.37. The molecule has 198 valence electrons. The van der Waals surface area contributed by atoms with Gasteiger partial charge in [-0.25, -0.2) is 4.79 Å². The predicted molar refractivity (Wildman–Crippen MR) is 151 cm³/mol. The van der Waals surface area contributed by atoms with E-state index in [1.165, 1.54) is 4.90 Å². The molecule has 1 aliphatic rings. The number of hydrogen-bond donors (Lipinski definition) is 3. The molecule has 3 N–H and O–H groups in total. The predicted octanol–water partition coefficient (Wildman–Crippen LogP) is 5.28. The second kappa shape index (κ2) is 11.1. The fraction of sp³-hybridized carbons (Fsp3) is 0.323. The van der Waals surface area contributed by atoms with Crippen molar-refractivity contribution in [1.82, 2.24) is 10.6 Å². The Hall–Kier alpha value is -4.13. The molecule has 2 atom stereocenters. The molecule has 3 aromatic rings. The summed E-state index contributed by atoms with van der Waals surface area (Å²) in [6.07, 6.45) is 0.359. The number of aryl methyl sites for hydroxylation is 2. The highest BCUT2D eigenvalue weighted by molar-refractivity contribution is 6.05. The summed E-state index contributed by atoms with van der Waals surface area (Å²) < 4.78 is 0. The van der Waals surface area contributed by atoms with Crippen molar-refractivity contribution in [3.63, 3.8) is 0 Å². The fourth-order valence-electron chi connectivity index (χ4n) is 4.89. The van der Waals surface area contributed by atoms with Crippen LogP contribution in [0.4, 0.5) is 16.2 Å². The Morgan fingerprint density at radius 2 is 1.63 bits per heavy atom. The van der Waals surface area contributed by atoms with Gasteiger partial charge in [0.05, 0.1) is 0 Å². The topological polar surface area (TPSA) is 90.5 Å². The van der Waals surface area contributed by atoms with Gasteiger partial charge in [0.15, 0.2) is 0 Å². The Morgan fingerprint density at radius 1 is 0.921 bits per heavy atom. The molecule has 7 heteroatoms. The zero-order valence-electron chi connectivity index (χ0n) is 22.7. The van der Waals surface area contributed by atoms with E-state index in [4.69, 9.17) is 0 Å². The Kier molecular flexibility index (Phi) is 7.86. The average molecular weight is 513 g/mol. The summed E-state index contributed by atoms with van der Waals surface area (Å²) in [5.74, 6) is -0.742. The Balaban J connectivity index is 1.72. The van der Waals surface area contributed by atoms with Crippen molar-refractivity contribution >= 4 is 29.2 Å². The van der Waals surface area contributed by atoms with E-state index in [0.29, 0.717) is 17.8 Å². The fourth-order valence-corrected chi connectivity index (χ4v) is 4.89. The molecule has 0 aliphatic carbocycles. The molecule has 4 amide bonds. The number of rotatable bonds is 5. The van der Waals surface area contributed by atoms with Crippen LogP contribution in [-0.2, 0) is 9.59 Å². The standard InChI is InChI=1S/C31H36N4O3/c1-20-10-9-13-23(16-20)32-30(38)33-26-18-25(22-11-7-6-8-12-22)24-15-14-21(2)17-27(24)35(29(26)37)19-28(36)34-31(3,4)5/h6-17,25-26H,18-19H2,1-5H3,(H,34,36)(H2,32,33,38). The van der Waals surface area contributed by atoms with Crippen LogP contribution in [0, 0.1) is 13.8 Å². The maximum atomic E-state index is 14.0. The molecule has 2 unspecified atom stereocenters. The lowest BCUT2D eigenvalue weighted by molar-refractivity contribution is -0.125. The minimum atomic E-state index is -0.847. The zero-order valence-corrected chi connectivity index (χ0v) is 22.7. The lowest BCUT2D eigenvalue weighted by atomic mass is 9.85. The third kappa shape index (κ3) is 6.59. The van der Waals surface area contributed by atoms with Crippen LogP contribution in [0.15, 0.2) is 72.8 Å². The minimum Gasteiger partial charge on any atom is -0.350 e. The molecule has 38 heavy (non-hydrogen) atoms. The van der Waals surface area contributed by atoms with Gasteiger partial charge in [0.1, 0.15) is 12.6 Å². The maximum Gasteiger partial charge on any atom is 0.319 e. The monoisotopic (exact) mass is 512 g/mol. The largest absolute Gasteiger partial charge is 0.350 e. The van der Waals surface area contributed by atoms with E-state index in [0.717, 1.165) is 22.3 Å². The highest BCUT2D eigenvalue weighted by atomic mass is 16.2. The summed E-state index contributed by atoms with van der Waals surface area (Å²) in [6.45, 7) is 9.47. The van der Waals surface area contributed by atoms with Gasteiger partial charge in [-0.05, 0) is 81.5 Å². The number of nitrogens with zero attached hydrogens (tertiary/aromatic N) is 1. The van der Waals surface area contributed by atoms with Crippen LogP contribution in [0.3, 0.4) is 0 Å². The van der Waals surface area contributed by atoms with E-state index in [2.05, 4.69) is 16.0 Å². The van der Waals surface area contributed by atoms with Gasteiger partial charge >= 0.3 is 6.03 Å². The SMILES string of the molecule is Cc1cccc(NC(=O)NC2CC(c3ccccc3)c3ccc(C)cc3N(CC(=O)NC(C)(C)C)C2=O)c1. The highest BCUT2D eigenvalue weighted by Crippen LogP contribution is 2.39. The molecule has 0 bridgehead atoms. The number of carbonyl (C=O) groups is 3. The second-order valence-electron chi connectivity index (χ2n) is 11.0. The number of benzene rings is 3. The van der Waals surface area contributed by atoms with E-state index in [9.17, 15) is 14.4 Å². The lowest BCUT2D eigenvalue weighted by Crippen LogP contribution is -2.53. The Bertz CT molecular complexity index is 1330. The van der Waals surface area contributed by atoms with E-state index >= 15 is 0 Å². The molecule has 3 aromatic carbocycles. The van der Waals surface area contributed by atoms with Crippen molar-refractivity contribution < 1.29 is 14.4 Å². The van der Waals surface area contributed by atoms with Crippen LogP contribution < -0.4 is 20.9 Å². The van der Waals surface area contributed by atoms with Crippen molar-refractivity contribution in [3.8, 4) is 0 Å². The second-order valence-corrected chi connectivity index (χ2v) is 11.0.